The summed E-state index contributed by atoms with van der Waals surface area (Å²) < 4.78 is 10.4. The number of ether oxygens (including phenoxy) is 2. The summed E-state index contributed by atoms with van der Waals surface area (Å²) in [4.78, 5) is 11.1. The Balaban J connectivity index is 2.90. The molecule has 1 aliphatic heterocycles. The molecule has 0 aliphatic carbocycles. The highest BCUT2D eigenvalue weighted by Crippen LogP contribution is 2.29. The van der Waals surface area contributed by atoms with Gasteiger partial charge in [-0.1, -0.05) is 0 Å². The summed E-state index contributed by atoms with van der Waals surface area (Å²) >= 11 is 0. The third kappa shape index (κ3) is 3.14. The van der Waals surface area contributed by atoms with Gasteiger partial charge in [-0.3, -0.25) is 4.79 Å². The van der Waals surface area contributed by atoms with Crippen LogP contribution in [0.5, 0.6) is 0 Å². The summed E-state index contributed by atoms with van der Waals surface area (Å²) in [7, 11) is 1.36. The largest absolute Gasteiger partial charge is 0.394 e. The van der Waals surface area contributed by atoms with E-state index in [0.29, 0.717) is 0 Å². The predicted molar refractivity (Wildman–Crippen MR) is 57.0 cm³/mol. The molecule has 1 fully saturated rings. The normalized spacial score (nSPS) is 37.8. The van der Waals surface area contributed by atoms with Crippen LogP contribution in [0.1, 0.15) is 13.3 Å². The van der Waals surface area contributed by atoms with E-state index >= 15 is 0 Å². The van der Waals surface area contributed by atoms with Gasteiger partial charge >= 0.3 is 0 Å². The van der Waals surface area contributed by atoms with Gasteiger partial charge in [0.1, 0.15) is 11.6 Å². The highest BCUT2D eigenvalue weighted by atomic mass is 16.7. The van der Waals surface area contributed by atoms with E-state index in [-0.39, 0.29) is 18.9 Å². The first-order chi connectivity index (χ1) is 7.96. The fourth-order valence-electron chi connectivity index (χ4n) is 1.97. The van der Waals surface area contributed by atoms with Gasteiger partial charge in [-0.25, -0.2) is 0 Å². The SMILES string of the molecule is CO[C@@H]1OC(CO)CC(O)(CO)C1NC(C)=O. The number of hydrogen-bond donors (Lipinski definition) is 4. The number of nitrogens with one attached hydrogen (secondary N) is 1. The zero-order valence-electron chi connectivity index (χ0n) is 9.92. The van der Waals surface area contributed by atoms with E-state index in [0.717, 1.165) is 0 Å². The molecule has 17 heavy (non-hydrogen) atoms. The highest BCUT2D eigenvalue weighted by molar-refractivity contribution is 5.73. The van der Waals surface area contributed by atoms with Crippen LogP contribution in [0, 0.1) is 0 Å². The maximum absolute atomic E-state index is 11.1. The molecule has 4 atom stereocenters. The third-order valence-corrected chi connectivity index (χ3v) is 2.83. The van der Waals surface area contributed by atoms with Gasteiger partial charge in [0.05, 0.1) is 19.3 Å². The van der Waals surface area contributed by atoms with Gasteiger partial charge in [-0.2, -0.15) is 0 Å². The second-order valence-electron chi connectivity index (χ2n) is 4.19. The second kappa shape index (κ2) is 5.74. The van der Waals surface area contributed by atoms with Crippen LogP contribution in [-0.4, -0.2) is 65.6 Å². The van der Waals surface area contributed by atoms with Crippen LogP contribution in [-0.2, 0) is 14.3 Å². The fraction of sp³-hybridized carbons (Fsp3) is 0.900. The molecule has 1 aliphatic rings. The minimum atomic E-state index is -1.57. The summed E-state index contributed by atoms with van der Waals surface area (Å²) in [5, 5.41) is 31.0. The van der Waals surface area contributed by atoms with E-state index in [4.69, 9.17) is 14.6 Å². The number of aliphatic hydroxyl groups is 3. The van der Waals surface area contributed by atoms with Crippen LogP contribution < -0.4 is 5.32 Å². The monoisotopic (exact) mass is 249 g/mol. The molecule has 0 aromatic carbocycles. The molecule has 0 bridgehead atoms. The molecule has 100 valence electrons. The smallest absolute Gasteiger partial charge is 0.217 e. The summed E-state index contributed by atoms with van der Waals surface area (Å²) in [6, 6.07) is -0.877. The number of hydrogen-bond acceptors (Lipinski definition) is 6. The van der Waals surface area contributed by atoms with Gasteiger partial charge in [0, 0.05) is 20.5 Å². The molecule has 0 aromatic heterocycles. The van der Waals surface area contributed by atoms with E-state index in [9.17, 15) is 15.0 Å². The van der Waals surface area contributed by atoms with Gasteiger partial charge in [-0.15, -0.1) is 0 Å². The van der Waals surface area contributed by atoms with E-state index in [1.54, 1.807) is 0 Å². The molecule has 3 unspecified atom stereocenters. The molecule has 4 N–H and O–H groups in total. The Morgan fingerprint density at radius 2 is 2.24 bits per heavy atom. The molecule has 1 heterocycles. The van der Waals surface area contributed by atoms with Crippen molar-refractivity contribution < 1.29 is 29.6 Å². The summed E-state index contributed by atoms with van der Waals surface area (Å²) in [6.07, 6.45) is -1.53. The minimum Gasteiger partial charge on any atom is -0.394 e. The quantitative estimate of drug-likeness (QED) is 0.457. The molecular weight excluding hydrogens is 230 g/mol. The molecule has 7 heteroatoms. The lowest BCUT2D eigenvalue weighted by molar-refractivity contribution is -0.259. The van der Waals surface area contributed by atoms with E-state index in [1.807, 2.05) is 0 Å². The number of carbonyl (C=O) groups is 1. The first-order valence-electron chi connectivity index (χ1n) is 5.36. The summed E-state index contributed by atoms with van der Waals surface area (Å²) in [6.45, 7) is 0.440. The number of aliphatic hydroxyl groups excluding tert-OH is 2. The Bertz CT molecular complexity index is 274. The first-order valence-corrected chi connectivity index (χ1v) is 5.36. The van der Waals surface area contributed by atoms with Crippen molar-refractivity contribution in [1.82, 2.24) is 5.32 Å². The Morgan fingerprint density at radius 1 is 1.59 bits per heavy atom. The van der Waals surface area contributed by atoms with Crippen molar-refractivity contribution in [3.8, 4) is 0 Å². The molecule has 0 spiro atoms. The summed E-state index contributed by atoms with van der Waals surface area (Å²) in [5.74, 6) is -0.366. The Hall–Kier alpha value is -0.730. The maximum atomic E-state index is 11.1. The molecule has 1 amide bonds. The molecule has 0 saturated carbocycles. The lowest BCUT2D eigenvalue weighted by atomic mass is 9.85. The average molecular weight is 249 g/mol. The van der Waals surface area contributed by atoms with Crippen LogP contribution in [0.4, 0.5) is 0 Å². The van der Waals surface area contributed by atoms with Crippen molar-refractivity contribution in [1.29, 1.82) is 0 Å². The fourth-order valence-corrected chi connectivity index (χ4v) is 1.97. The average Bonchev–Trinajstić information content (AvgIpc) is 2.31. The van der Waals surface area contributed by atoms with Gasteiger partial charge in [-0.05, 0) is 0 Å². The van der Waals surface area contributed by atoms with Crippen LogP contribution in [0.25, 0.3) is 0 Å². The molecular formula is C10H19NO6. The Kier molecular flexibility index (Phi) is 4.84. The predicted octanol–water partition coefficient (Wildman–Crippen LogP) is -2.03. The highest BCUT2D eigenvalue weighted by Gasteiger charge is 2.49. The van der Waals surface area contributed by atoms with E-state index in [1.165, 1.54) is 14.0 Å². The molecule has 1 saturated heterocycles. The van der Waals surface area contributed by atoms with Crippen molar-refractivity contribution in [2.75, 3.05) is 20.3 Å². The van der Waals surface area contributed by atoms with Gasteiger partial charge in [0.2, 0.25) is 5.91 Å². The number of rotatable bonds is 4. The van der Waals surface area contributed by atoms with Gasteiger partial charge < -0.3 is 30.1 Å². The first kappa shape index (κ1) is 14.3. The van der Waals surface area contributed by atoms with Crippen molar-refractivity contribution >= 4 is 5.91 Å². The number of methoxy groups -OCH3 is 1. The van der Waals surface area contributed by atoms with Crippen molar-refractivity contribution in [2.45, 2.75) is 37.4 Å². The lowest BCUT2D eigenvalue weighted by Crippen LogP contribution is -2.66. The second-order valence-corrected chi connectivity index (χ2v) is 4.19. The van der Waals surface area contributed by atoms with Crippen LogP contribution in [0.15, 0.2) is 0 Å². The number of amides is 1. The van der Waals surface area contributed by atoms with Crippen molar-refractivity contribution in [2.24, 2.45) is 0 Å². The van der Waals surface area contributed by atoms with E-state index < -0.39 is 30.6 Å². The van der Waals surface area contributed by atoms with Crippen LogP contribution in [0.3, 0.4) is 0 Å². The standard InChI is InChI=1S/C10H19NO6/c1-6(14)11-8-9(16-2)17-7(4-12)3-10(8,15)5-13/h7-9,12-13,15H,3-5H2,1-2H3,(H,11,14)/t7?,8?,9-,10?/m1/s1. The Labute approximate surface area is 99.3 Å². The lowest BCUT2D eigenvalue weighted by Gasteiger charge is -2.45. The zero-order valence-corrected chi connectivity index (χ0v) is 9.92. The summed E-state index contributed by atoms with van der Waals surface area (Å²) in [5.41, 5.74) is -1.57. The zero-order chi connectivity index (χ0) is 13.1. The van der Waals surface area contributed by atoms with Crippen LogP contribution >= 0.6 is 0 Å². The molecule has 1 rings (SSSR count). The topological polar surface area (TPSA) is 108 Å². The maximum Gasteiger partial charge on any atom is 0.217 e. The third-order valence-electron chi connectivity index (χ3n) is 2.83. The molecule has 0 radical (unpaired) electrons. The number of carbonyl (C=O) groups excluding carboxylic acids is 1. The van der Waals surface area contributed by atoms with Crippen LogP contribution in [0.2, 0.25) is 0 Å². The Morgan fingerprint density at radius 3 is 2.65 bits per heavy atom. The van der Waals surface area contributed by atoms with Crippen molar-refractivity contribution in [3.63, 3.8) is 0 Å². The molecule has 0 aromatic rings. The van der Waals surface area contributed by atoms with Gasteiger partial charge in [0.15, 0.2) is 6.29 Å². The molecule has 7 nitrogen and oxygen atoms in total. The minimum absolute atomic E-state index is 0.0187. The van der Waals surface area contributed by atoms with Gasteiger partial charge in [0.25, 0.3) is 0 Å². The van der Waals surface area contributed by atoms with Crippen molar-refractivity contribution in [3.05, 3.63) is 0 Å². The van der Waals surface area contributed by atoms with E-state index in [2.05, 4.69) is 5.32 Å².